The van der Waals surface area contributed by atoms with Gasteiger partial charge in [0.05, 0.1) is 18.1 Å². The number of hydrogen-bond acceptors (Lipinski definition) is 5. The highest BCUT2D eigenvalue weighted by molar-refractivity contribution is 7.91. The number of ether oxygens (including phenoxy) is 2. The summed E-state index contributed by atoms with van der Waals surface area (Å²) in [5.41, 5.74) is 6.26. The van der Waals surface area contributed by atoms with Gasteiger partial charge in [-0.1, -0.05) is 19.1 Å². The Bertz CT molecular complexity index is 585. The van der Waals surface area contributed by atoms with Gasteiger partial charge in [0, 0.05) is 5.56 Å². The highest BCUT2D eigenvalue weighted by Gasteiger charge is 2.12. The zero-order chi connectivity index (χ0) is 15.9. The van der Waals surface area contributed by atoms with E-state index >= 15 is 0 Å². The minimum atomic E-state index is -3.06. The van der Waals surface area contributed by atoms with Crippen LogP contribution in [0, 0.1) is 0 Å². The molecule has 7 heteroatoms. The van der Waals surface area contributed by atoms with Crippen LogP contribution in [0.3, 0.4) is 0 Å². The van der Waals surface area contributed by atoms with E-state index in [0.717, 1.165) is 0 Å². The Balaban J connectivity index is 2.76. The minimum Gasteiger partial charge on any atom is -0.490 e. The zero-order valence-electron chi connectivity index (χ0n) is 12.3. The largest absolute Gasteiger partial charge is 0.490 e. The quantitative estimate of drug-likeness (QED) is 0.697. The SMILES string of the molecule is CCCS(=O)(=O)CCOc1ccc(C(N)=S)cc1OCC. The fourth-order valence-electron chi connectivity index (χ4n) is 1.74. The first-order chi connectivity index (χ1) is 9.89. The smallest absolute Gasteiger partial charge is 0.161 e. The normalized spacial score (nSPS) is 11.1. The van der Waals surface area contributed by atoms with E-state index in [0.29, 0.717) is 30.1 Å². The molecule has 0 atom stereocenters. The van der Waals surface area contributed by atoms with Crippen LogP contribution < -0.4 is 15.2 Å². The van der Waals surface area contributed by atoms with Crippen molar-refractivity contribution in [3.63, 3.8) is 0 Å². The fourth-order valence-corrected chi connectivity index (χ4v) is 3.03. The summed E-state index contributed by atoms with van der Waals surface area (Å²) in [6.07, 6.45) is 0.606. The second-order valence-electron chi connectivity index (χ2n) is 4.46. The third kappa shape index (κ3) is 5.89. The Morgan fingerprint density at radius 2 is 1.90 bits per heavy atom. The monoisotopic (exact) mass is 331 g/mol. The highest BCUT2D eigenvalue weighted by atomic mass is 32.2. The van der Waals surface area contributed by atoms with Crippen molar-refractivity contribution in [2.24, 2.45) is 5.73 Å². The molecule has 1 rings (SSSR count). The van der Waals surface area contributed by atoms with Crippen LogP contribution in [0.4, 0.5) is 0 Å². The topological polar surface area (TPSA) is 78.6 Å². The molecule has 0 aliphatic carbocycles. The van der Waals surface area contributed by atoms with Gasteiger partial charge < -0.3 is 15.2 Å². The molecule has 0 aliphatic heterocycles. The van der Waals surface area contributed by atoms with Crippen molar-refractivity contribution in [3.8, 4) is 11.5 Å². The Morgan fingerprint density at radius 1 is 1.19 bits per heavy atom. The maximum Gasteiger partial charge on any atom is 0.161 e. The lowest BCUT2D eigenvalue weighted by atomic mass is 10.2. The van der Waals surface area contributed by atoms with Gasteiger partial charge in [-0.2, -0.15) is 0 Å². The average molecular weight is 331 g/mol. The van der Waals surface area contributed by atoms with Gasteiger partial charge in [0.1, 0.15) is 11.6 Å². The lowest BCUT2D eigenvalue weighted by Gasteiger charge is -2.13. The maximum atomic E-state index is 11.6. The average Bonchev–Trinajstić information content (AvgIpc) is 2.40. The molecule has 118 valence electrons. The van der Waals surface area contributed by atoms with Crippen LogP contribution >= 0.6 is 12.2 Å². The summed E-state index contributed by atoms with van der Waals surface area (Å²) in [6, 6.07) is 5.11. The summed E-state index contributed by atoms with van der Waals surface area (Å²) in [6.45, 7) is 4.24. The third-order valence-electron chi connectivity index (χ3n) is 2.70. The van der Waals surface area contributed by atoms with Crippen molar-refractivity contribution in [1.29, 1.82) is 0 Å². The summed E-state index contributed by atoms with van der Waals surface area (Å²) in [7, 11) is -3.06. The van der Waals surface area contributed by atoms with E-state index in [1.54, 1.807) is 18.2 Å². The molecule has 1 aromatic rings. The molecule has 0 amide bonds. The van der Waals surface area contributed by atoms with Crippen LogP contribution in [0.1, 0.15) is 25.8 Å². The van der Waals surface area contributed by atoms with Crippen molar-refractivity contribution >= 4 is 27.0 Å². The van der Waals surface area contributed by atoms with E-state index in [1.807, 2.05) is 13.8 Å². The second kappa shape index (κ2) is 8.19. The summed E-state index contributed by atoms with van der Waals surface area (Å²) in [5.74, 6) is 1.16. The first-order valence-electron chi connectivity index (χ1n) is 6.79. The van der Waals surface area contributed by atoms with Crippen LogP contribution in [-0.2, 0) is 9.84 Å². The van der Waals surface area contributed by atoms with Gasteiger partial charge in [-0.25, -0.2) is 8.42 Å². The number of thiocarbonyl (C=S) groups is 1. The molecule has 0 fully saturated rings. The Morgan fingerprint density at radius 3 is 2.48 bits per heavy atom. The molecule has 0 aliphatic rings. The van der Waals surface area contributed by atoms with Crippen molar-refractivity contribution in [1.82, 2.24) is 0 Å². The number of benzene rings is 1. The maximum absolute atomic E-state index is 11.6. The molecule has 2 N–H and O–H groups in total. The molecule has 0 spiro atoms. The minimum absolute atomic E-state index is 0.0105. The van der Waals surface area contributed by atoms with Crippen molar-refractivity contribution in [2.45, 2.75) is 20.3 Å². The fraction of sp³-hybridized carbons (Fsp3) is 0.500. The molecular formula is C14H21NO4S2. The lowest BCUT2D eigenvalue weighted by molar-refractivity contribution is 0.288. The molecule has 1 aromatic carbocycles. The Hall–Kier alpha value is -1.34. The van der Waals surface area contributed by atoms with Crippen LogP contribution in [0.2, 0.25) is 0 Å². The van der Waals surface area contributed by atoms with Crippen LogP contribution in [0.25, 0.3) is 0 Å². The molecule has 0 aromatic heterocycles. The molecule has 0 heterocycles. The van der Waals surface area contributed by atoms with E-state index < -0.39 is 9.84 Å². The second-order valence-corrected chi connectivity index (χ2v) is 7.20. The van der Waals surface area contributed by atoms with Gasteiger partial charge in [-0.05, 0) is 31.5 Å². The number of nitrogens with two attached hydrogens (primary N) is 1. The number of hydrogen-bond donors (Lipinski definition) is 1. The van der Waals surface area contributed by atoms with Gasteiger partial charge in [-0.15, -0.1) is 0 Å². The van der Waals surface area contributed by atoms with Crippen molar-refractivity contribution < 1.29 is 17.9 Å². The van der Waals surface area contributed by atoms with E-state index in [2.05, 4.69) is 0 Å². The summed E-state index contributed by atoms with van der Waals surface area (Å²) < 4.78 is 34.2. The van der Waals surface area contributed by atoms with Crippen molar-refractivity contribution in [3.05, 3.63) is 23.8 Å². The predicted molar refractivity (Wildman–Crippen MR) is 87.9 cm³/mol. The number of sulfone groups is 1. The molecular weight excluding hydrogens is 310 g/mol. The van der Waals surface area contributed by atoms with E-state index in [4.69, 9.17) is 27.4 Å². The highest BCUT2D eigenvalue weighted by Crippen LogP contribution is 2.28. The van der Waals surface area contributed by atoms with Crippen molar-refractivity contribution in [2.75, 3.05) is 24.7 Å². The standard InChI is InChI=1S/C14H21NO4S2/c1-3-8-21(16,17)9-7-19-12-6-5-11(14(15)20)10-13(12)18-4-2/h5-6,10H,3-4,7-9H2,1-2H3,(H2,15,20). The first kappa shape index (κ1) is 17.7. The van der Waals surface area contributed by atoms with Gasteiger partial charge in [0.2, 0.25) is 0 Å². The van der Waals surface area contributed by atoms with Crippen LogP contribution in [0.5, 0.6) is 11.5 Å². The van der Waals surface area contributed by atoms with Crippen LogP contribution in [-0.4, -0.2) is 38.1 Å². The summed E-state index contributed by atoms with van der Waals surface area (Å²) >= 11 is 4.92. The van der Waals surface area contributed by atoms with Gasteiger partial charge in [0.25, 0.3) is 0 Å². The molecule has 0 saturated carbocycles. The predicted octanol–water partition coefficient (Wildman–Crippen LogP) is 1.92. The molecule has 5 nitrogen and oxygen atoms in total. The molecule has 0 saturated heterocycles. The van der Waals surface area contributed by atoms with E-state index in [-0.39, 0.29) is 23.1 Å². The van der Waals surface area contributed by atoms with Gasteiger partial charge in [-0.3, -0.25) is 0 Å². The molecule has 0 unspecified atom stereocenters. The van der Waals surface area contributed by atoms with Gasteiger partial charge >= 0.3 is 0 Å². The van der Waals surface area contributed by atoms with Gasteiger partial charge in [0.15, 0.2) is 21.3 Å². The lowest BCUT2D eigenvalue weighted by Crippen LogP contribution is -2.17. The summed E-state index contributed by atoms with van der Waals surface area (Å²) in [5, 5.41) is 0. The molecule has 0 bridgehead atoms. The first-order valence-corrected chi connectivity index (χ1v) is 9.02. The Labute approximate surface area is 131 Å². The number of rotatable bonds is 9. The van der Waals surface area contributed by atoms with Crippen LogP contribution in [0.15, 0.2) is 18.2 Å². The third-order valence-corrected chi connectivity index (χ3v) is 4.75. The summed E-state index contributed by atoms with van der Waals surface area (Å²) in [4.78, 5) is 0.271. The molecule has 21 heavy (non-hydrogen) atoms. The van der Waals surface area contributed by atoms with E-state index in [9.17, 15) is 8.42 Å². The van der Waals surface area contributed by atoms with E-state index in [1.165, 1.54) is 0 Å². The zero-order valence-corrected chi connectivity index (χ0v) is 13.9. The Kier molecular flexibility index (Phi) is 6.91. The molecule has 0 radical (unpaired) electrons.